The van der Waals surface area contributed by atoms with Gasteiger partial charge < -0.3 is 100 Å². The Morgan fingerprint density at radius 2 is 1.00 bits per heavy atom. The third kappa shape index (κ3) is 35.1. The number of aliphatic hydroxyl groups is 11. The number of hydrogen-bond acceptors (Lipinski definition) is 20. The number of carboxylic acid groups (broad SMARTS) is 1. The summed E-state index contributed by atoms with van der Waals surface area (Å²) in [4.78, 5) is 38.6. The summed E-state index contributed by atoms with van der Waals surface area (Å²) in [6, 6.07) is -2.63. The number of ether oxygens (including phenoxy) is 6. The molecule has 0 saturated carbocycles. The van der Waals surface area contributed by atoms with Gasteiger partial charge in [0.2, 0.25) is 11.8 Å². The smallest absolute Gasteiger partial charge is 0.364 e. The minimum Gasteiger partial charge on any atom is -0.477 e. The van der Waals surface area contributed by atoms with Crippen LogP contribution in [0.1, 0.15) is 278 Å². The molecule has 18 unspecified atom stereocenters. The molecule has 0 aromatic carbocycles. The first-order valence-corrected chi connectivity index (χ1v) is 37.9. The van der Waals surface area contributed by atoms with Crippen LogP contribution < -0.4 is 10.6 Å². The van der Waals surface area contributed by atoms with Gasteiger partial charge in [0.05, 0.1) is 50.7 Å². The number of unbranched alkanes of at least 4 members (excludes halogenated alkanes) is 34. The molecule has 97 heavy (non-hydrogen) atoms. The standard InChI is InChI=1S/C74H134N2O21/c1-4-6-8-10-12-14-16-18-20-22-24-26-27-28-30-32-34-36-38-40-42-44-46-48-61(84)76-55(56(81)47-45-43-41-39-37-35-33-31-29-25-23-21-19-17-15-13-11-9-7-5-2)53-92-71-66(88)65(87)68(60(52-79)94-71)95-72-67(89)70(64(86)59(51-78)93-72)97-74(73(90)91)49-57(82)62(75-54(3)80)69(96-74)63(85)58(83)50-77/h24,26,28,30,45,47,55-60,62-72,77-79,81-83,85-89H,4-23,25,27,29,31-44,46,48-53H2,1-3H3,(H,75,80)(H,76,84)(H,90,91)/b26-24-,30-28-,47-45+. The summed E-state index contributed by atoms with van der Waals surface area (Å²) in [5.41, 5.74) is 0. The lowest BCUT2D eigenvalue weighted by Gasteiger charge is -2.50. The van der Waals surface area contributed by atoms with Crippen LogP contribution in [0.5, 0.6) is 0 Å². The second-order valence-corrected chi connectivity index (χ2v) is 27.5. The number of nitrogens with one attached hydrogen (secondary N) is 2. The van der Waals surface area contributed by atoms with E-state index in [2.05, 4.69) is 48.8 Å². The maximum atomic E-state index is 13.5. The lowest BCUT2D eigenvalue weighted by atomic mass is 9.88. The number of carbonyl (C=O) groups is 3. The fourth-order valence-electron chi connectivity index (χ4n) is 13.0. The van der Waals surface area contributed by atoms with E-state index in [1.54, 1.807) is 6.08 Å². The number of allylic oxidation sites excluding steroid dienone is 5. The Labute approximate surface area is 580 Å². The third-order valence-electron chi connectivity index (χ3n) is 19.1. The van der Waals surface area contributed by atoms with Crippen LogP contribution in [0, 0.1) is 0 Å². The Kier molecular flexibility index (Phi) is 48.8. The number of amides is 2. The quantitative estimate of drug-likeness (QED) is 0.0200. The van der Waals surface area contributed by atoms with Crippen LogP contribution in [0.25, 0.3) is 0 Å². The molecule has 0 radical (unpaired) electrons. The van der Waals surface area contributed by atoms with Crippen LogP contribution in [0.4, 0.5) is 0 Å². The van der Waals surface area contributed by atoms with Crippen molar-refractivity contribution < 1.29 is 104 Å². The second-order valence-electron chi connectivity index (χ2n) is 27.5. The highest BCUT2D eigenvalue weighted by atomic mass is 16.8. The Hall–Kier alpha value is -3.05. The summed E-state index contributed by atoms with van der Waals surface area (Å²) >= 11 is 0. The van der Waals surface area contributed by atoms with Gasteiger partial charge in [0.1, 0.15) is 67.1 Å². The predicted octanol–water partition coefficient (Wildman–Crippen LogP) is 8.57. The average molecular weight is 1390 g/mol. The van der Waals surface area contributed by atoms with Crippen molar-refractivity contribution in [3.8, 4) is 0 Å². The van der Waals surface area contributed by atoms with Crippen molar-refractivity contribution in [3.63, 3.8) is 0 Å². The van der Waals surface area contributed by atoms with E-state index in [1.807, 2.05) is 6.08 Å². The van der Waals surface area contributed by atoms with Crippen LogP contribution in [0.3, 0.4) is 0 Å². The van der Waals surface area contributed by atoms with Crippen LogP contribution in [0.15, 0.2) is 36.5 Å². The van der Waals surface area contributed by atoms with E-state index in [-0.39, 0.29) is 12.3 Å². The van der Waals surface area contributed by atoms with Crippen LogP contribution in [0.2, 0.25) is 0 Å². The van der Waals surface area contributed by atoms with E-state index in [9.17, 15) is 75.7 Å². The minimum absolute atomic E-state index is 0.191. The highest BCUT2D eigenvalue weighted by molar-refractivity contribution is 5.77. The fourth-order valence-corrected chi connectivity index (χ4v) is 13.0. The molecule has 3 heterocycles. The molecule has 0 aromatic heterocycles. The lowest BCUT2D eigenvalue weighted by Crippen LogP contribution is -2.70. The van der Waals surface area contributed by atoms with Crippen LogP contribution in [-0.2, 0) is 42.8 Å². The predicted molar refractivity (Wildman–Crippen MR) is 371 cm³/mol. The fraction of sp³-hybridized carbons (Fsp3) is 0.878. The van der Waals surface area contributed by atoms with Gasteiger partial charge in [-0.15, -0.1) is 0 Å². The zero-order valence-corrected chi connectivity index (χ0v) is 59.4. The molecule has 3 aliphatic heterocycles. The largest absolute Gasteiger partial charge is 0.477 e. The van der Waals surface area contributed by atoms with Crippen molar-refractivity contribution in [1.82, 2.24) is 10.6 Å². The number of carboxylic acids is 1. The Morgan fingerprint density at radius 3 is 1.45 bits per heavy atom. The van der Waals surface area contributed by atoms with Gasteiger partial charge in [-0.1, -0.05) is 243 Å². The molecule has 3 saturated heterocycles. The molecular formula is C74H134N2O21. The van der Waals surface area contributed by atoms with Crippen molar-refractivity contribution in [2.45, 2.75) is 387 Å². The number of aliphatic carboxylic acids is 1. The van der Waals surface area contributed by atoms with E-state index in [0.29, 0.717) is 12.8 Å². The van der Waals surface area contributed by atoms with Crippen molar-refractivity contribution in [1.29, 1.82) is 0 Å². The van der Waals surface area contributed by atoms with Crippen molar-refractivity contribution in [3.05, 3.63) is 36.5 Å². The summed E-state index contributed by atoms with van der Waals surface area (Å²) in [7, 11) is 0. The maximum Gasteiger partial charge on any atom is 0.364 e. The van der Waals surface area contributed by atoms with Crippen LogP contribution >= 0.6 is 0 Å². The number of hydrogen-bond donors (Lipinski definition) is 14. The second kappa shape index (κ2) is 53.7. The molecule has 0 aliphatic carbocycles. The van der Waals surface area contributed by atoms with Gasteiger partial charge in [0.25, 0.3) is 5.79 Å². The van der Waals surface area contributed by atoms with E-state index in [4.69, 9.17) is 28.4 Å². The molecule has 2 amide bonds. The molecule has 14 N–H and O–H groups in total. The van der Waals surface area contributed by atoms with Gasteiger partial charge in [0, 0.05) is 19.8 Å². The molecule has 3 rings (SSSR count). The monoisotopic (exact) mass is 1390 g/mol. The SMILES string of the molecule is CCCCCCCCCCC/C=C\C/C=C\CCCCCCCCCC(=O)NC(COC1OC(CO)C(OC2OC(CO)C(O)C(OC3(C(=O)O)CC(O)C(NC(C)=O)C(C(O)C(O)CO)O3)C2O)C(O)C1O)C(O)/C=C/CCCCCCCCCCCCCCCCCCCC. The van der Waals surface area contributed by atoms with E-state index in [1.165, 1.54) is 154 Å². The first kappa shape index (κ1) is 88.2. The zero-order valence-electron chi connectivity index (χ0n) is 59.4. The third-order valence-corrected chi connectivity index (χ3v) is 19.1. The molecule has 0 spiro atoms. The Balaban J connectivity index is 1.57. The molecule has 3 fully saturated rings. The lowest BCUT2D eigenvalue weighted by molar-refractivity contribution is -0.386. The van der Waals surface area contributed by atoms with Crippen molar-refractivity contribution >= 4 is 17.8 Å². The summed E-state index contributed by atoms with van der Waals surface area (Å²) in [5, 5.41) is 136. The topological polar surface area (TPSA) is 373 Å². The Bertz CT molecular complexity index is 2090. The number of aliphatic hydroxyl groups excluding tert-OH is 11. The molecule has 23 nitrogen and oxygen atoms in total. The first-order valence-electron chi connectivity index (χ1n) is 37.9. The molecular weight excluding hydrogens is 1250 g/mol. The number of rotatable bonds is 58. The van der Waals surface area contributed by atoms with Crippen molar-refractivity contribution in [2.75, 3.05) is 26.4 Å². The first-order chi connectivity index (χ1) is 46.9. The van der Waals surface area contributed by atoms with Gasteiger partial charge in [-0.3, -0.25) is 9.59 Å². The molecule has 566 valence electrons. The van der Waals surface area contributed by atoms with E-state index < -0.39 is 155 Å². The van der Waals surface area contributed by atoms with Gasteiger partial charge >= 0.3 is 5.97 Å². The molecule has 23 heteroatoms. The normalized spacial score (nSPS) is 27.6. The van der Waals surface area contributed by atoms with Gasteiger partial charge in [0.15, 0.2) is 12.6 Å². The Morgan fingerprint density at radius 1 is 0.546 bits per heavy atom. The van der Waals surface area contributed by atoms with Crippen LogP contribution in [-0.4, -0.2) is 215 Å². The summed E-state index contributed by atoms with van der Waals surface area (Å²) in [6.45, 7) is 2.15. The van der Waals surface area contributed by atoms with E-state index in [0.717, 1.165) is 84.0 Å². The maximum absolute atomic E-state index is 13.5. The van der Waals surface area contributed by atoms with Gasteiger partial charge in [-0.25, -0.2) is 4.79 Å². The molecule has 0 bridgehead atoms. The summed E-state index contributed by atoms with van der Waals surface area (Å²) in [5.74, 6) is -6.15. The average Bonchev–Trinajstić information content (AvgIpc) is 0.757. The molecule has 0 aromatic rings. The minimum atomic E-state index is -3.08. The zero-order chi connectivity index (χ0) is 71.1. The van der Waals surface area contributed by atoms with Gasteiger partial charge in [-0.05, 0) is 51.4 Å². The highest BCUT2D eigenvalue weighted by Crippen LogP contribution is 2.39. The molecule has 3 aliphatic rings. The molecule has 18 atom stereocenters. The highest BCUT2D eigenvalue weighted by Gasteiger charge is 2.60. The van der Waals surface area contributed by atoms with Gasteiger partial charge in [-0.2, -0.15) is 0 Å². The summed E-state index contributed by atoms with van der Waals surface area (Å²) in [6.07, 6.45) is 28.9. The van der Waals surface area contributed by atoms with E-state index >= 15 is 0 Å². The van der Waals surface area contributed by atoms with Crippen molar-refractivity contribution in [2.24, 2.45) is 0 Å². The number of carbonyl (C=O) groups excluding carboxylic acids is 2. The summed E-state index contributed by atoms with van der Waals surface area (Å²) < 4.78 is 34.9.